The van der Waals surface area contributed by atoms with Crippen LogP contribution < -0.4 is 21.9 Å². The maximum absolute atomic E-state index is 13.3. The van der Waals surface area contributed by atoms with Crippen molar-refractivity contribution in [2.45, 2.75) is 25.9 Å². The van der Waals surface area contributed by atoms with E-state index in [9.17, 15) is 14.4 Å². The maximum atomic E-state index is 13.3. The molecule has 0 aliphatic rings. The SMILES string of the molecule is Nc1c(N(Cc2ccco2)C(=O)CCc2ccc(Cl)cc2)c(=O)[nH]c(=O)n1Cc1ccccc1. The van der Waals surface area contributed by atoms with Gasteiger partial charge in [0.05, 0.1) is 19.4 Å². The van der Waals surface area contributed by atoms with Crippen LogP contribution in [0.25, 0.3) is 0 Å². The largest absolute Gasteiger partial charge is 0.467 e. The first kappa shape index (κ1) is 23.1. The number of aromatic nitrogens is 2. The number of hydrogen-bond acceptors (Lipinski definition) is 5. The Kier molecular flexibility index (Phi) is 6.98. The minimum absolute atomic E-state index is 0.0106. The number of aromatic amines is 1. The summed E-state index contributed by atoms with van der Waals surface area (Å²) in [6, 6.07) is 19.8. The molecule has 174 valence electrons. The van der Waals surface area contributed by atoms with Crippen LogP contribution in [0.2, 0.25) is 5.02 Å². The van der Waals surface area contributed by atoms with Crippen LogP contribution in [-0.4, -0.2) is 15.5 Å². The molecule has 0 bridgehead atoms. The molecular weight excluding hydrogens is 456 g/mol. The lowest BCUT2D eigenvalue weighted by atomic mass is 10.1. The molecule has 3 N–H and O–H groups in total. The number of nitrogen functional groups attached to an aromatic ring is 1. The van der Waals surface area contributed by atoms with E-state index in [1.165, 1.54) is 15.7 Å². The van der Waals surface area contributed by atoms with Crippen LogP contribution in [-0.2, 0) is 24.3 Å². The van der Waals surface area contributed by atoms with Gasteiger partial charge in [0, 0.05) is 11.4 Å². The molecule has 0 spiro atoms. The zero-order valence-corrected chi connectivity index (χ0v) is 19.0. The van der Waals surface area contributed by atoms with Gasteiger partial charge in [0.25, 0.3) is 5.56 Å². The van der Waals surface area contributed by atoms with Crippen molar-refractivity contribution < 1.29 is 9.21 Å². The van der Waals surface area contributed by atoms with Crippen molar-refractivity contribution in [3.05, 3.63) is 116 Å². The number of carbonyl (C=O) groups is 1. The molecule has 2 aromatic heterocycles. The van der Waals surface area contributed by atoms with E-state index in [0.29, 0.717) is 17.2 Å². The first-order valence-corrected chi connectivity index (χ1v) is 11.0. The fourth-order valence-electron chi connectivity index (χ4n) is 3.65. The maximum Gasteiger partial charge on any atom is 0.330 e. The van der Waals surface area contributed by atoms with Gasteiger partial charge in [0.15, 0.2) is 5.69 Å². The average Bonchev–Trinajstić information content (AvgIpc) is 3.34. The van der Waals surface area contributed by atoms with Gasteiger partial charge in [-0.05, 0) is 41.8 Å². The zero-order chi connectivity index (χ0) is 24.1. The van der Waals surface area contributed by atoms with Gasteiger partial charge in [0.2, 0.25) is 5.91 Å². The number of nitrogens with zero attached hydrogens (tertiary/aromatic N) is 2. The predicted molar refractivity (Wildman–Crippen MR) is 131 cm³/mol. The lowest BCUT2D eigenvalue weighted by Crippen LogP contribution is -2.41. The Morgan fingerprint density at radius 1 is 1.00 bits per heavy atom. The van der Waals surface area contributed by atoms with Crippen molar-refractivity contribution in [3.63, 3.8) is 0 Å². The number of benzene rings is 2. The molecule has 0 unspecified atom stereocenters. The Hall–Kier alpha value is -4.04. The number of anilines is 2. The van der Waals surface area contributed by atoms with Crippen molar-refractivity contribution in [1.82, 2.24) is 9.55 Å². The van der Waals surface area contributed by atoms with Gasteiger partial charge in [-0.1, -0.05) is 54.1 Å². The fourth-order valence-corrected chi connectivity index (χ4v) is 3.77. The molecule has 4 aromatic rings. The number of H-pyrrole nitrogens is 1. The first-order valence-electron chi connectivity index (χ1n) is 10.7. The van der Waals surface area contributed by atoms with E-state index in [2.05, 4.69) is 4.98 Å². The normalized spacial score (nSPS) is 10.9. The second-order valence-corrected chi connectivity index (χ2v) is 8.19. The number of furan rings is 1. The van der Waals surface area contributed by atoms with Gasteiger partial charge in [-0.15, -0.1) is 0 Å². The molecule has 8 nitrogen and oxygen atoms in total. The highest BCUT2D eigenvalue weighted by molar-refractivity contribution is 6.30. The van der Waals surface area contributed by atoms with Crippen LogP contribution in [0.5, 0.6) is 0 Å². The van der Waals surface area contributed by atoms with Gasteiger partial charge in [-0.2, -0.15) is 0 Å². The van der Waals surface area contributed by atoms with E-state index in [4.69, 9.17) is 21.8 Å². The molecule has 0 aliphatic carbocycles. The van der Waals surface area contributed by atoms with E-state index >= 15 is 0 Å². The molecule has 2 heterocycles. The van der Waals surface area contributed by atoms with Crippen LogP contribution in [0.3, 0.4) is 0 Å². The Morgan fingerprint density at radius 2 is 1.74 bits per heavy atom. The molecule has 1 amide bonds. The van der Waals surface area contributed by atoms with Crippen LogP contribution >= 0.6 is 11.6 Å². The molecule has 2 aromatic carbocycles. The molecule has 0 atom stereocenters. The standard InChI is InChI=1S/C25H23ClN4O4/c26-19-11-8-17(9-12-19)10-13-21(31)29(16-20-7-4-14-34-20)22-23(27)30(25(33)28-24(22)32)15-18-5-2-1-3-6-18/h1-9,11-12,14H,10,13,15-16,27H2,(H,28,32,33). The van der Waals surface area contributed by atoms with Crippen molar-refractivity contribution >= 4 is 29.0 Å². The summed E-state index contributed by atoms with van der Waals surface area (Å²) in [5.41, 5.74) is 6.59. The second kappa shape index (κ2) is 10.3. The fraction of sp³-hybridized carbons (Fsp3) is 0.160. The summed E-state index contributed by atoms with van der Waals surface area (Å²) in [6.45, 7) is 0.131. The highest BCUT2D eigenvalue weighted by Gasteiger charge is 2.25. The lowest BCUT2D eigenvalue weighted by molar-refractivity contribution is -0.118. The third-order valence-corrected chi connectivity index (χ3v) is 5.66. The minimum atomic E-state index is -0.738. The smallest absolute Gasteiger partial charge is 0.330 e. The summed E-state index contributed by atoms with van der Waals surface area (Å²) in [4.78, 5) is 42.3. The van der Waals surface area contributed by atoms with E-state index in [1.54, 1.807) is 24.3 Å². The summed E-state index contributed by atoms with van der Waals surface area (Å²) in [6.07, 6.45) is 2.03. The van der Waals surface area contributed by atoms with E-state index in [1.807, 2.05) is 42.5 Å². The van der Waals surface area contributed by atoms with Crippen LogP contribution in [0.4, 0.5) is 11.5 Å². The zero-order valence-electron chi connectivity index (χ0n) is 18.2. The third kappa shape index (κ3) is 5.29. The van der Waals surface area contributed by atoms with Crippen LogP contribution in [0.15, 0.2) is 87.0 Å². The van der Waals surface area contributed by atoms with Crippen LogP contribution in [0.1, 0.15) is 23.3 Å². The summed E-state index contributed by atoms with van der Waals surface area (Å²) < 4.78 is 6.65. The predicted octanol–water partition coefficient (Wildman–Crippen LogP) is 3.58. The Labute approximate surface area is 200 Å². The van der Waals surface area contributed by atoms with Crippen LogP contribution in [0, 0.1) is 0 Å². The van der Waals surface area contributed by atoms with Gasteiger partial charge in [-0.25, -0.2) is 4.79 Å². The molecule has 34 heavy (non-hydrogen) atoms. The first-order chi connectivity index (χ1) is 16.4. The van der Waals surface area contributed by atoms with Crippen molar-refractivity contribution in [2.75, 3.05) is 10.6 Å². The second-order valence-electron chi connectivity index (χ2n) is 7.75. The number of aryl methyl sites for hydroxylation is 1. The van der Waals surface area contributed by atoms with Gasteiger partial charge in [-0.3, -0.25) is 24.0 Å². The molecular formula is C25H23ClN4O4. The molecule has 0 fully saturated rings. The molecule has 0 saturated heterocycles. The van der Waals surface area contributed by atoms with E-state index in [-0.39, 0.29) is 36.9 Å². The molecule has 0 aliphatic heterocycles. The highest BCUT2D eigenvalue weighted by atomic mass is 35.5. The van der Waals surface area contributed by atoms with Crippen molar-refractivity contribution in [2.24, 2.45) is 0 Å². The topological polar surface area (TPSA) is 114 Å². The average molecular weight is 479 g/mol. The van der Waals surface area contributed by atoms with Crippen molar-refractivity contribution in [1.29, 1.82) is 0 Å². The summed E-state index contributed by atoms with van der Waals surface area (Å²) in [5, 5.41) is 0.606. The Bertz CT molecular complexity index is 1380. The molecule has 9 heteroatoms. The van der Waals surface area contributed by atoms with Crippen molar-refractivity contribution in [3.8, 4) is 0 Å². The number of hydrogen-bond donors (Lipinski definition) is 2. The summed E-state index contributed by atoms with van der Waals surface area (Å²) in [7, 11) is 0. The summed E-state index contributed by atoms with van der Waals surface area (Å²) in [5.74, 6) is 0.0388. The number of carbonyl (C=O) groups excluding carboxylic acids is 1. The number of halogens is 1. The third-order valence-electron chi connectivity index (χ3n) is 5.40. The number of nitrogens with one attached hydrogen (secondary N) is 1. The highest BCUT2D eigenvalue weighted by Crippen LogP contribution is 2.22. The molecule has 0 radical (unpaired) electrons. The number of rotatable bonds is 8. The van der Waals surface area contributed by atoms with E-state index < -0.39 is 11.2 Å². The summed E-state index contributed by atoms with van der Waals surface area (Å²) >= 11 is 5.94. The molecule has 0 saturated carbocycles. The van der Waals surface area contributed by atoms with Gasteiger partial charge in [0.1, 0.15) is 11.6 Å². The Morgan fingerprint density at radius 3 is 2.41 bits per heavy atom. The van der Waals surface area contributed by atoms with Gasteiger partial charge >= 0.3 is 5.69 Å². The van der Waals surface area contributed by atoms with Gasteiger partial charge < -0.3 is 10.2 Å². The van der Waals surface area contributed by atoms with E-state index in [0.717, 1.165) is 11.1 Å². The molecule has 4 rings (SSSR count). The number of nitrogens with two attached hydrogens (primary N) is 1. The monoisotopic (exact) mass is 478 g/mol. The Balaban J connectivity index is 1.69. The number of amides is 1. The quantitative estimate of drug-likeness (QED) is 0.401. The lowest BCUT2D eigenvalue weighted by Gasteiger charge is -2.24. The minimum Gasteiger partial charge on any atom is -0.467 e.